The minimum Gasteiger partial charge on any atom is -0.387 e. The molecule has 2 aromatic carbocycles. The lowest BCUT2D eigenvalue weighted by Gasteiger charge is -2.34. The summed E-state index contributed by atoms with van der Waals surface area (Å²) >= 11 is 0. The van der Waals surface area contributed by atoms with Gasteiger partial charge in [-0.15, -0.1) is 0 Å². The number of nitrogens with zero attached hydrogens (tertiary/aromatic N) is 2. The fraction of sp³-hybridized carbons (Fsp3) is 0.419. The van der Waals surface area contributed by atoms with E-state index in [1.807, 2.05) is 42.1 Å². The van der Waals surface area contributed by atoms with Crippen LogP contribution < -0.4 is 0 Å². The zero-order valence-electron chi connectivity index (χ0n) is 21.0. The summed E-state index contributed by atoms with van der Waals surface area (Å²) in [6.07, 6.45) is 9.75. The van der Waals surface area contributed by atoms with Crippen LogP contribution in [0.25, 0.3) is 10.9 Å². The summed E-state index contributed by atoms with van der Waals surface area (Å²) in [5, 5.41) is 12.3. The summed E-state index contributed by atoms with van der Waals surface area (Å²) in [4.78, 5) is 13.5. The highest BCUT2D eigenvalue weighted by molar-refractivity contribution is 6.16. The van der Waals surface area contributed by atoms with Gasteiger partial charge in [-0.25, -0.2) is 0 Å². The van der Waals surface area contributed by atoms with Gasteiger partial charge in [0.15, 0.2) is 18.0 Å². The van der Waals surface area contributed by atoms with Gasteiger partial charge in [0.2, 0.25) is 5.69 Å². The molecule has 1 N–H and O–H groups in total. The summed E-state index contributed by atoms with van der Waals surface area (Å²) in [5.41, 5.74) is 6.03. The number of hydrogen-bond donors (Lipinski definition) is 1. The maximum absolute atomic E-state index is 13.5. The molecule has 0 amide bonds. The molecular weight excluding hydrogens is 432 g/mol. The van der Waals surface area contributed by atoms with E-state index in [1.165, 1.54) is 43.4 Å². The molecular formula is C31H35N2O2+. The second kappa shape index (κ2) is 8.30. The van der Waals surface area contributed by atoms with Crippen molar-refractivity contribution in [2.75, 3.05) is 6.54 Å². The van der Waals surface area contributed by atoms with Gasteiger partial charge >= 0.3 is 0 Å². The first-order valence-electron chi connectivity index (χ1n) is 13.1. The van der Waals surface area contributed by atoms with Crippen molar-refractivity contribution in [1.82, 2.24) is 4.57 Å². The predicted molar refractivity (Wildman–Crippen MR) is 141 cm³/mol. The smallest absolute Gasteiger partial charge is 0.209 e. The van der Waals surface area contributed by atoms with Gasteiger partial charge in [-0.05, 0) is 38.3 Å². The molecule has 1 aromatic heterocycles. The number of carbonyl (C=O) groups is 1. The number of fused-ring (bicyclic) bond motifs is 2. The monoisotopic (exact) mass is 467 g/mol. The first-order chi connectivity index (χ1) is 16.9. The Bertz CT molecular complexity index is 1380. The maximum atomic E-state index is 13.5. The maximum Gasteiger partial charge on any atom is 0.209 e. The summed E-state index contributed by atoms with van der Waals surface area (Å²) < 4.78 is 4.49. The Morgan fingerprint density at radius 3 is 2.54 bits per heavy atom. The largest absolute Gasteiger partial charge is 0.387 e. The molecule has 0 bridgehead atoms. The number of aliphatic hydroxyl groups is 1. The number of benzene rings is 2. The van der Waals surface area contributed by atoms with Crippen LogP contribution in [-0.4, -0.2) is 38.4 Å². The predicted octanol–water partition coefficient (Wildman–Crippen LogP) is 5.79. The van der Waals surface area contributed by atoms with Crippen molar-refractivity contribution >= 4 is 28.1 Å². The van der Waals surface area contributed by atoms with Crippen LogP contribution in [0, 0.1) is 5.92 Å². The van der Waals surface area contributed by atoms with Gasteiger partial charge in [0.05, 0.1) is 17.4 Å². The third-order valence-corrected chi connectivity index (χ3v) is 8.72. The zero-order chi connectivity index (χ0) is 24.3. The Kier molecular flexibility index (Phi) is 5.33. The average Bonchev–Trinajstić information content (AvgIpc) is 3.30. The first kappa shape index (κ1) is 22.5. The molecule has 180 valence electrons. The quantitative estimate of drug-likeness (QED) is 0.390. The van der Waals surface area contributed by atoms with Gasteiger partial charge in [0, 0.05) is 53.3 Å². The van der Waals surface area contributed by atoms with Gasteiger partial charge in [-0.1, -0.05) is 55.7 Å². The van der Waals surface area contributed by atoms with Crippen LogP contribution in [0.4, 0.5) is 5.69 Å². The highest BCUT2D eigenvalue weighted by Crippen LogP contribution is 2.45. The number of hydrogen-bond acceptors (Lipinski definition) is 2. The van der Waals surface area contributed by atoms with E-state index in [2.05, 4.69) is 48.8 Å². The molecule has 0 saturated heterocycles. The van der Waals surface area contributed by atoms with E-state index in [-0.39, 0.29) is 11.2 Å². The number of aryl methyl sites for hydroxylation is 1. The Morgan fingerprint density at radius 1 is 1.06 bits per heavy atom. The van der Waals surface area contributed by atoms with Crippen LogP contribution in [-0.2, 0) is 17.3 Å². The Morgan fingerprint density at radius 2 is 1.77 bits per heavy atom. The molecule has 1 aliphatic heterocycles. The van der Waals surface area contributed by atoms with E-state index >= 15 is 0 Å². The van der Waals surface area contributed by atoms with Crippen LogP contribution in [0.1, 0.15) is 63.0 Å². The van der Waals surface area contributed by atoms with Crippen molar-refractivity contribution in [3.63, 3.8) is 0 Å². The summed E-state index contributed by atoms with van der Waals surface area (Å²) in [7, 11) is 2.00. The van der Waals surface area contributed by atoms with Crippen LogP contribution in [0.15, 0.2) is 66.4 Å². The van der Waals surface area contributed by atoms with E-state index in [1.54, 1.807) is 0 Å². The van der Waals surface area contributed by atoms with E-state index in [0.29, 0.717) is 11.5 Å². The topological polar surface area (TPSA) is 45.2 Å². The van der Waals surface area contributed by atoms with Crippen molar-refractivity contribution in [2.45, 2.75) is 63.4 Å². The van der Waals surface area contributed by atoms with E-state index < -0.39 is 12.0 Å². The second-order valence-corrected chi connectivity index (χ2v) is 11.2. The number of carbonyl (C=O) groups excluding carboxylic acids is 1. The highest BCUT2D eigenvalue weighted by atomic mass is 16.3. The number of aromatic nitrogens is 1. The normalized spacial score (nSPS) is 25.4. The average molecular weight is 468 g/mol. The van der Waals surface area contributed by atoms with E-state index in [9.17, 15) is 9.90 Å². The van der Waals surface area contributed by atoms with Crippen molar-refractivity contribution in [3.8, 4) is 0 Å². The lowest BCUT2D eigenvalue weighted by atomic mass is 9.69. The fourth-order valence-electron chi connectivity index (χ4n) is 6.71. The minimum atomic E-state index is -0.781. The Labute approximate surface area is 207 Å². The number of aliphatic hydroxyl groups excluding tert-OH is 1. The SMILES string of the molecule is Cn1cc(C2C(=O)C(=CC3=[N+](CC4CCCCC4)c4ccccc4C3(C)C)C2O)c2ccccc21. The third-order valence-electron chi connectivity index (χ3n) is 8.72. The second-order valence-electron chi connectivity index (χ2n) is 11.2. The Balaban J connectivity index is 1.39. The lowest BCUT2D eigenvalue weighted by Crippen LogP contribution is -2.44. The van der Waals surface area contributed by atoms with Gasteiger partial charge in [0.25, 0.3) is 0 Å². The first-order valence-corrected chi connectivity index (χ1v) is 13.1. The van der Waals surface area contributed by atoms with Crippen molar-refractivity contribution in [2.24, 2.45) is 13.0 Å². The molecule has 2 heterocycles. The standard InChI is InChI=1S/C31H35N2O2/c1-31(2)24-14-8-10-16-26(24)33(18-20-11-5-4-6-12-20)27(31)17-22-29(34)28(30(22)35)23-19-32(3)25-15-9-7-13-21(23)25/h7-10,13-17,19-20,28-29,34H,4-6,11-12,18H2,1-3H3/q+1. The fourth-order valence-corrected chi connectivity index (χ4v) is 6.71. The molecule has 6 rings (SSSR count). The van der Waals surface area contributed by atoms with Crippen molar-refractivity contribution in [1.29, 1.82) is 0 Å². The molecule has 2 fully saturated rings. The minimum absolute atomic E-state index is 0.0470. The zero-order valence-corrected chi connectivity index (χ0v) is 21.0. The molecule has 2 atom stereocenters. The Hall–Kier alpha value is -2.98. The van der Waals surface area contributed by atoms with Crippen LogP contribution in [0.3, 0.4) is 0 Å². The number of Topliss-reactive ketones (excluding diaryl/α,β-unsaturated/α-hetero) is 1. The molecule has 0 spiro atoms. The summed E-state index contributed by atoms with van der Waals surface area (Å²) in [5.74, 6) is 0.224. The number of para-hydroxylation sites is 2. The molecule has 2 aliphatic carbocycles. The number of ketones is 1. The molecule has 0 radical (unpaired) electrons. The summed E-state index contributed by atoms with van der Waals surface area (Å²) in [6, 6.07) is 16.7. The van der Waals surface area contributed by atoms with Crippen LogP contribution >= 0.6 is 0 Å². The van der Waals surface area contributed by atoms with Crippen molar-refractivity contribution in [3.05, 3.63) is 77.5 Å². The number of allylic oxidation sites excluding steroid dienone is 1. The molecule has 3 aliphatic rings. The van der Waals surface area contributed by atoms with E-state index in [0.717, 1.165) is 28.7 Å². The van der Waals surface area contributed by atoms with Crippen LogP contribution in [0.5, 0.6) is 0 Å². The van der Waals surface area contributed by atoms with Gasteiger partial charge in [0.1, 0.15) is 0 Å². The molecule has 35 heavy (non-hydrogen) atoms. The van der Waals surface area contributed by atoms with Gasteiger partial charge in [-0.2, -0.15) is 4.58 Å². The lowest BCUT2D eigenvalue weighted by molar-refractivity contribution is -0.447. The molecule has 4 nitrogen and oxygen atoms in total. The van der Waals surface area contributed by atoms with Gasteiger partial charge < -0.3 is 9.67 Å². The molecule has 2 unspecified atom stereocenters. The number of rotatable bonds is 4. The van der Waals surface area contributed by atoms with Gasteiger partial charge in [-0.3, -0.25) is 4.79 Å². The molecule has 2 saturated carbocycles. The molecule has 4 heteroatoms. The van der Waals surface area contributed by atoms with Crippen molar-refractivity contribution < 1.29 is 14.5 Å². The highest BCUT2D eigenvalue weighted by Gasteiger charge is 2.50. The third kappa shape index (κ3) is 3.45. The molecule has 3 aromatic rings. The van der Waals surface area contributed by atoms with Crippen LogP contribution in [0.2, 0.25) is 0 Å². The van der Waals surface area contributed by atoms with E-state index in [4.69, 9.17) is 0 Å². The summed E-state index contributed by atoms with van der Waals surface area (Å²) in [6.45, 7) is 5.48.